The van der Waals surface area contributed by atoms with Crippen LogP contribution in [-0.4, -0.2) is 26.1 Å². The molecule has 6 nitrogen and oxygen atoms in total. The Morgan fingerprint density at radius 3 is 2.90 bits per heavy atom. The van der Waals surface area contributed by atoms with E-state index in [2.05, 4.69) is 20.4 Å². The van der Waals surface area contributed by atoms with Crippen LogP contribution in [-0.2, 0) is 6.42 Å². The number of aromatic amines is 1. The molecule has 0 radical (unpaired) electrons. The number of aromatic nitrogens is 4. The molecule has 0 spiro atoms. The number of hydrogen-bond donors (Lipinski definition) is 2. The van der Waals surface area contributed by atoms with E-state index in [1.54, 1.807) is 0 Å². The van der Waals surface area contributed by atoms with Gasteiger partial charge in [0, 0.05) is 17.6 Å². The zero-order valence-electron chi connectivity index (χ0n) is 10.5. The van der Waals surface area contributed by atoms with Crippen LogP contribution in [0.2, 0.25) is 5.02 Å². The fourth-order valence-corrected chi connectivity index (χ4v) is 2.02. The van der Waals surface area contributed by atoms with Crippen LogP contribution < -0.4 is 10.9 Å². The maximum Gasteiger partial charge on any atom is 0.276 e. The van der Waals surface area contributed by atoms with Crippen LogP contribution in [0.1, 0.15) is 5.56 Å². The summed E-state index contributed by atoms with van der Waals surface area (Å²) < 4.78 is 1.28. The Bertz CT molecular complexity index is 777. The molecule has 3 aromatic rings. The second-order valence-corrected chi connectivity index (χ2v) is 4.74. The predicted molar refractivity (Wildman–Crippen MR) is 77.3 cm³/mol. The number of benzene rings is 1. The summed E-state index contributed by atoms with van der Waals surface area (Å²) in [5.74, 6) is 0.877. The number of nitrogens with one attached hydrogen (secondary N) is 2. The van der Waals surface area contributed by atoms with E-state index in [9.17, 15) is 4.79 Å². The van der Waals surface area contributed by atoms with Crippen LogP contribution >= 0.6 is 11.6 Å². The number of hydrogen-bond acceptors (Lipinski definition) is 4. The third-order valence-corrected chi connectivity index (χ3v) is 3.15. The molecule has 0 atom stereocenters. The van der Waals surface area contributed by atoms with Gasteiger partial charge in [-0.1, -0.05) is 23.7 Å². The first-order valence-corrected chi connectivity index (χ1v) is 6.52. The van der Waals surface area contributed by atoms with Gasteiger partial charge in [0.25, 0.3) is 11.3 Å². The number of halogens is 1. The molecule has 2 N–H and O–H groups in total. The second-order valence-electron chi connectivity index (χ2n) is 4.31. The molecular formula is C13H12ClN5O. The van der Waals surface area contributed by atoms with Crippen LogP contribution in [0, 0.1) is 0 Å². The summed E-state index contributed by atoms with van der Waals surface area (Å²) in [4.78, 5) is 19.9. The number of H-pyrrole nitrogens is 1. The number of rotatable bonds is 4. The van der Waals surface area contributed by atoms with Gasteiger partial charge in [-0.15, -0.1) is 0 Å². The van der Waals surface area contributed by atoms with E-state index in [0.717, 1.165) is 11.4 Å². The van der Waals surface area contributed by atoms with Crippen molar-refractivity contribution in [3.05, 3.63) is 57.6 Å². The van der Waals surface area contributed by atoms with Gasteiger partial charge in [-0.3, -0.25) is 9.89 Å². The molecule has 0 saturated carbocycles. The molecule has 7 heteroatoms. The molecule has 0 saturated heterocycles. The molecule has 0 aliphatic rings. The average Bonchev–Trinajstić information content (AvgIpc) is 2.90. The van der Waals surface area contributed by atoms with Gasteiger partial charge >= 0.3 is 0 Å². The molecule has 0 aliphatic heterocycles. The molecule has 3 rings (SSSR count). The summed E-state index contributed by atoms with van der Waals surface area (Å²) >= 11 is 5.83. The lowest BCUT2D eigenvalue weighted by Gasteiger charge is -2.05. The van der Waals surface area contributed by atoms with Gasteiger partial charge in [0.15, 0.2) is 0 Å². The Morgan fingerprint density at radius 2 is 2.10 bits per heavy atom. The fourth-order valence-electron chi connectivity index (χ4n) is 1.90. The predicted octanol–water partition coefficient (Wildman–Crippen LogP) is 1.73. The van der Waals surface area contributed by atoms with Crippen molar-refractivity contribution < 1.29 is 0 Å². The fraction of sp³-hybridized carbons (Fsp3) is 0.154. The third-order valence-electron chi connectivity index (χ3n) is 2.90. The molecule has 0 bridgehead atoms. The molecule has 0 fully saturated rings. The van der Waals surface area contributed by atoms with Crippen LogP contribution in [0.4, 0.5) is 5.82 Å². The van der Waals surface area contributed by atoms with Crippen molar-refractivity contribution in [1.82, 2.24) is 19.6 Å². The maximum absolute atomic E-state index is 11.7. The van der Waals surface area contributed by atoms with Gasteiger partial charge in [-0.2, -0.15) is 9.50 Å². The van der Waals surface area contributed by atoms with Crippen molar-refractivity contribution >= 4 is 23.2 Å². The smallest absolute Gasteiger partial charge is 0.276 e. The topological polar surface area (TPSA) is 75.1 Å². The molecule has 1 aromatic carbocycles. The quantitative estimate of drug-likeness (QED) is 0.767. The zero-order chi connectivity index (χ0) is 13.9. The molecule has 2 heterocycles. The second kappa shape index (κ2) is 5.34. The highest BCUT2D eigenvalue weighted by atomic mass is 35.5. The van der Waals surface area contributed by atoms with Crippen molar-refractivity contribution in [3.8, 4) is 0 Å². The lowest BCUT2D eigenvalue weighted by Crippen LogP contribution is -2.17. The van der Waals surface area contributed by atoms with Gasteiger partial charge in [0.05, 0.1) is 0 Å². The highest BCUT2D eigenvalue weighted by Crippen LogP contribution is 2.10. The normalized spacial score (nSPS) is 10.8. The maximum atomic E-state index is 11.7. The summed E-state index contributed by atoms with van der Waals surface area (Å²) in [5.41, 5.74) is 0.973. The molecule has 20 heavy (non-hydrogen) atoms. The van der Waals surface area contributed by atoms with Gasteiger partial charge in [-0.05, 0) is 24.1 Å². The Labute approximate surface area is 119 Å². The van der Waals surface area contributed by atoms with E-state index in [0.29, 0.717) is 18.1 Å². The van der Waals surface area contributed by atoms with Gasteiger partial charge in [0.1, 0.15) is 12.1 Å². The Hall–Kier alpha value is -2.34. The summed E-state index contributed by atoms with van der Waals surface area (Å²) in [6.45, 7) is 0.675. The highest BCUT2D eigenvalue weighted by Gasteiger charge is 2.03. The summed E-state index contributed by atoms with van der Waals surface area (Å²) in [5, 5.41) is 6.53. The zero-order valence-corrected chi connectivity index (χ0v) is 11.3. The minimum Gasteiger partial charge on any atom is -0.369 e. The minimum atomic E-state index is -0.193. The van der Waals surface area contributed by atoms with Crippen LogP contribution in [0.5, 0.6) is 0 Å². The van der Waals surface area contributed by atoms with Crippen molar-refractivity contribution in [3.63, 3.8) is 0 Å². The molecule has 2 aromatic heterocycles. The largest absolute Gasteiger partial charge is 0.369 e. The first kappa shape index (κ1) is 12.7. The van der Waals surface area contributed by atoms with E-state index in [-0.39, 0.29) is 5.56 Å². The number of fused-ring (bicyclic) bond motifs is 1. The Balaban J connectivity index is 1.67. The first-order chi connectivity index (χ1) is 9.72. The Kier molecular flexibility index (Phi) is 3.39. The number of anilines is 1. The van der Waals surface area contributed by atoms with E-state index < -0.39 is 0 Å². The molecule has 0 unspecified atom stereocenters. The first-order valence-electron chi connectivity index (χ1n) is 6.14. The minimum absolute atomic E-state index is 0.193. The van der Waals surface area contributed by atoms with Gasteiger partial charge in [0.2, 0.25) is 0 Å². The molecule has 0 amide bonds. The van der Waals surface area contributed by atoms with E-state index in [4.69, 9.17) is 11.6 Å². The van der Waals surface area contributed by atoms with Crippen molar-refractivity contribution in [2.45, 2.75) is 6.42 Å². The van der Waals surface area contributed by atoms with Crippen LogP contribution in [0.25, 0.3) is 5.78 Å². The highest BCUT2D eigenvalue weighted by molar-refractivity contribution is 6.30. The van der Waals surface area contributed by atoms with Crippen molar-refractivity contribution in [1.29, 1.82) is 0 Å². The van der Waals surface area contributed by atoms with Crippen molar-refractivity contribution in [2.24, 2.45) is 0 Å². The van der Waals surface area contributed by atoms with E-state index >= 15 is 0 Å². The van der Waals surface area contributed by atoms with Gasteiger partial charge < -0.3 is 5.32 Å². The number of nitrogens with zero attached hydrogens (tertiary/aromatic N) is 3. The molecule has 102 valence electrons. The molecule has 0 aliphatic carbocycles. The summed E-state index contributed by atoms with van der Waals surface area (Å²) in [6, 6.07) is 9.11. The monoisotopic (exact) mass is 289 g/mol. The lowest BCUT2D eigenvalue weighted by atomic mass is 10.1. The summed E-state index contributed by atoms with van der Waals surface area (Å²) in [7, 11) is 0. The Morgan fingerprint density at radius 1 is 1.30 bits per heavy atom. The van der Waals surface area contributed by atoms with Crippen LogP contribution in [0.3, 0.4) is 0 Å². The summed E-state index contributed by atoms with van der Waals surface area (Å²) in [6.07, 6.45) is 2.25. The lowest BCUT2D eigenvalue weighted by molar-refractivity contribution is 0.895. The third kappa shape index (κ3) is 2.65. The molecular weight excluding hydrogens is 278 g/mol. The standard InChI is InChI=1S/C13H12ClN5O/c14-10-3-1-9(2-4-10)5-6-15-11-7-12(20)19-13(18-11)16-8-17-19/h1-4,7-8,15H,5-6H2,(H,16,17,18). The van der Waals surface area contributed by atoms with Crippen molar-refractivity contribution in [2.75, 3.05) is 11.9 Å². The average molecular weight is 290 g/mol. The SMILES string of the molecule is O=c1cc(NCCc2ccc(Cl)cc2)nc2nc[nH]n12. The van der Waals surface area contributed by atoms with Crippen LogP contribution in [0.15, 0.2) is 41.5 Å². The van der Waals surface area contributed by atoms with E-state index in [1.807, 2.05) is 24.3 Å². The van der Waals surface area contributed by atoms with E-state index in [1.165, 1.54) is 22.5 Å². The van der Waals surface area contributed by atoms with Gasteiger partial charge in [-0.25, -0.2) is 4.98 Å².